The van der Waals surface area contributed by atoms with Crippen LogP contribution in [0.15, 0.2) is 11.0 Å². The lowest BCUT2D eigenvalue weighted by atomic mass is 10.1. The molecule has 1 aliphatic heterocycles. The number of fused-ring (bicyclic) bond motifs is 1. The molecule has 0 saturated carbocycles. The van der Waals surface area contributed by atoms with Crippen molar-refractivity contribution in [3.63, 3.8) is 0 Å². The van der Waals surface area contributed by atoms with E-state index in [9.17, 15) is 38.0 Å². The summed E-state index contributed by atoms with van der Waals surface area (Å²) in [6.07, 6.45) is -5.99. The minimum Gasteiger partial charge on any atom is -0.387 e. The average molecular weight is 539 g/mol. The number of phosphoric ester groups is 1. The second-order valence-electron chi connectivity index (χ2n) is 6.69. The quantitative estimate of drug-likeness (QED) is 0.201. The number of aryl methyl sites for hydroxylation is 1. The summed E-state index contributed by atoms with van der Waals surface area (Å²) in [5.41, 5.74) is -1.01. The third-order valence-electron chi connectivity index (χ3n) is 4.25. The monoisotopic (exact) mass is 539 g/mol. The van der Waals surface area contributed by atoms with Crippen molar-refractivity contribution in [2.24, 2.45) is 0 Å². The van der Waals surface area contributed by atoms with Crippen LogP contribution in [0.25, 0.3) is 11.0 Å². The second-order valence-corrected chi connectivity index (χ2v) is 11.1. The summed E-state index contributed by atoms with van der Waals surface area (Å²) in [6, 6.07) is 0. The first-order chi connectivity index (χ1) is 15.0. The first-order valence-electron chi connectivity index (χ1n) is 8.56. The van der Waals surface area contributed by atoms with E-state index < -0.39 is 66.1 Å². The molecule has 3 unspecified atom stereocenters. The van der Waals surface area contributed by atoms with Crippen molar-refractivity contribution in [2.45, 2.75) is 31.5 Å². The normalized spacial score (nSPS) is 27.5. The Kier molecular flexibility index (Phi) is 7.17. The molecule has 1 fully saturated rings. The van der Waals surface area contributed by atoms with Gasteiger partial charge >= 0.3 is 29.2 Å². The smallest absolute Gasteiger partial charge is 0.387 e. The lowest BCUT2D eigenvalue weighted by molar-refractivity contribution is -0.0539. The van der Waals surface area contributed by atoms with Gasteiger partial charge in [0.05, 0.1) is 17.7 Å². The molecule has 17 nitrogen and oxygen atoms in total. The van der Waals surface area contributed by atoms with E-state index in [1.165, 1.54) is 6.92 Å². The second kappa shape index (κ2) is 9.02. The standard InChI is InChI=1S/C12H17FN3O14P3/c1-4-7(13)5-2-16(12(19)15-10(5)14-4)11-9(18)8(17)6(28-11)3-27-32(23,24)30-33(25,26)29-31(20,21)22/h2,6,8-9,11,17-18H,3H2,1H3,(H,23,24)(H,25,26)(H,14,15,19)(H2,20,21,22)/t6-,8?,9+,11-/m1/s1. The molecule has 0 bridgehead atoms. The van der Waals surface area contributed by atoms with E-state index in [4.69, 9.17) is 19.4 Å². The van der Waals surface area contributed by atoms with Crippen molar-refractivity contribution in [2.75, 3.05) is 6.61 Å². The number of nitrogens with zero attached hydrogens (tertiary/aromatic N) is 2. The highest BCUT2D eigenvalue weighted by molar-refractivity contribution is 7.66. The molecule has 7 N–H and O–H groups in total. The summed E-state index contributed by atoms with van der Waals surface area (Å²) in [5.74, 6) is -0.733. The SMILES string of the molecule is Cc1[nH]c2nc(=O)n([C@@H]3O[C@H](COP(=O)(O)OP(=O)(O)OP(=O)(O)O)C(O)[C@@H]3O)cc2c1F. The number of ether oxygens (including phenoxy) is 1. The molecule has 186 valence electrons. The zero-order valence-corrected chi connectivity index (χ0v) is 18.8. The van der Waals surface area contributed by atoms with Gasteiger partial charge < -0.3 is 39.5 Å². The number of hydrogen-bond donors (Lipinski definition) is 7. The minimum absolute atomic E-state index is 0.0800. The summed E-state index contributed by atoms with van der Waals surface area (Å²) in [7, 11) is -16.9. The molecule has 2 aromatic heterocycles. The highest BCUT2D eigenvalue weighted by Crippen LogP contribution is 2.66. The molecule has 0 amide bonds. The number of phosphoric acid groups is 3. The fraction of sp³-hybridized carbons (Fsp3) is 0.500. The average Bonchev–Trinajstić information content (AvgIpc) is 3.06. The van der Waals surface area contributed by atoms with Gasteiger partial charge in [0.25, 0.3) is 0 Å². The maximum absolute atomic E-state index is 14.2. The van der Waals surface area contributed by atoms with Crippen LogP contribution in [0.3, 0.4) is 0 Å². The number of H-pyrrole nitrogens is 1. The van der Waals surface area contributed by atoms with Crippen molar-refractivity contribution in [1.82, 2.24) is 14.5 Å². The predicted molar refractivity (Wildman–Crippen MR) is 101 cm³/mol. The number of hydrogen-bond acceptors (Lipinski definition) is 11. The van der Waals surface area contributed by atoms with Crippen molar-refractivity contribution in [1.29, 1.82) is 0 Å². The Labute approximate surface area is 181 Å². The third-order valence-corrected chi connectivity index (χ3v) is 8.06. The number of nitrogens with one attached hydrogen (secondary N) is 1. The maximum atomic E-state index is 14.2. The van der Waals surface area contributed by atoms with E-state index in [1.807, 2.05) is 0 Å². The Morgan fingerprint density at radius 2 is 1.79 bits per heavy atom. The minimum atomic E-state index is -5.76. The number of halogens is 1. The van der Waals surface area contributed by atoms with Crippen LogP contribution in [0, 0.1) is 12.7 Å². The van der Waals surface area contributed by atoms with Crippen LogP contribution in [0.5, 0.6) is 0 Å². The van der Waals surface area contributed by atoms with E-state index in [0.29, 0.717) is 4.57 Å². The highest BCUT2D eigenvalue weighted by atomic mass is 31.3. The van der Waals surface area contributed by atoms with Crippen LogP contribution in [0.1, 0.15) is 11.9 Å². The number of rotatable bonds is 8. The molecule has 2 aromatic rings. The van der Waals surface area contributed by atoms with Gasteiger partial charge in [-0.25, -0.2) is 22.9 Å². The van der Waals surface area contributed by atoms with Crippen LogP contribution in [0.4, 0.5) is 4.39 Å². The number of aliphatic hydroxyl groups excluding tert-OH is 2. The molecule has 6 atom stereocenters. The van der Waals surface area contributed by atoms with Crippen LogP contribution in [0.2, 0.25) is 0 Å². The fourth-order valence-corrected chi connectivity index (χ4v) is 5.94. The Morgan fingerprint density at radius 1 is 1.15 bits per heavy atom. The fourth-order valence-electron chi connectivity index (χ4n) is 2.91. The van der Waals surface area contributed by atoms with Gasteiger partial charge in [0, 0.05) is 6.20 Å². The van der Waals surface area contributed by atoms with Crippen LogP contribution < -0.4 is 5.69 Å². The van der Waals surface area contributed by atoms with E-state index >= 15 is 0 Å². The molecular weight excluding hydrogens is 522 g/mol. The summed E-state index contributed by atoms with van der Waals surface area (Å²) < 4.78 is 65.2. The molecule has 33 heavy (non-hydrogen) atoms. The zero-order valence-electron chi connectivity index (χ0n) is 16.2. The molecule has 0 aliphatic carbocycles. The van der Waals surface area contributed by atoms with Gasteiger partial charge in [-0.1, -0.05) is 0 Å². The maximum Gasteiger partial charge on any atom is 0.490 e. The van der Waals surface area contributed by atoms with Crippen LogP contribution in [-0.4, -0.2) is 69.2 Å². The molecule has 3 rings (SSSR count). The largest absolute Gasteiger partial charge is 0.490 e. The van der Waals surface area contributed by atoms with E-state index in [-0.39, 0.29) is 16.7 Å². The molecule has 0 radical (unpaired) electrons. The molecule has 1 aliphatic rings. The topological polar surface area (TPSA) is 260 Å². The van der Waals surface area contributed by atoms with Crippen LogP contribution in [-0.2, 0) is 31.6 Å². The highest BCUT2D eigenvalue weighted by Gasteiger charge is 2.47. The zero-order chi connectivity index (χ0) is 24.9. The van der Waals surface area contributed by atoms with E-state index in [0.717, 1.165) is 6.20 Å². The molecule has 21 heteroatoms. The first-order valence-corrected chi connectivity index (χ1v) is 13.1. The van der Waals surface area contributed by atoms with Crippen molar-refractivity contribution in [3.05, 3.63) is 28.2 Å². The van der Waals surface area contributed by atoms with E-state index in [1.54, 1.807) is 0 Å². The summed E-state index contributed by atoms with van der Waals surface area (Å²) in [4.78, 5) is 54.0. The Hall–Kier alpha value is -1.36. The molecular formula is C12H17FN3O14P3. The van der Waals surface area contributed by atoms with Crippen molar-refractivity contribution < 1.29 is 65.8 Å². The number of aromatic nitrogens is 3. The van der Waals surface area contributed by atoms with Gasteiger partial charge in [0.15, 0.2) is 12.0 Å². The number of aliphatic hydroxyl groups is 2. The van der Waals surface area contributed by atoms with Gasteiger partial charge in [-0.05, 0) is 6.92 Å². The van der Waals surface area contributed by atoms with Gasteiger partial charge in [0.1, 0.15) is 24.0 Å². The lowest BCUT2D eigenvalue weighted by Crippen LogP contribution is -2.36. The lowest BCUT2D eigenvalue weighted by Gasteiger charge is -2.19. The predicted octanol–water partition coefficient (Wildman–Crippen LogP) is -0.865. The number of aromatic amines is 1. The Bertz CT molecular complexity index is 1260. The van der Waals surface area contributed by atoms with Gasteiger partial charge in [-0.15, -0.1) is 0 Å². The van der Waals surface area contributed by atoms with Crippen molar-refractivity contribution in [3.8, 4) is 0 Å². The van der Waals surface area contributed by atoms with E-state index in [2.05, 4.69) is 23.1 Å². The Morgan fingerprint density at radius 3 is 2.39 bits per heavy atom. The molecule has 0 spiro atoms. The van der Waals surface area contributed by atoms with Gasteiger partial charge in [-0.3, -0.25) is 9.09 Å². The summed E-state index contributed by atoms with van der Waals surface area (Å²) in [5, 5.41) is 20.2. The van der Waals surface area contributed by atoms with Gasteiger partial charge in [-0.2, -0.15) is 13.6 Å². The molecule has 0 aromatic carbocycles. The molecule has 1 saturated heterocycles. The van der Waals surface area contributed by atoms with Crippen LogP contribution >= 0.6 is 23.5 Å². The molecule has 3 heterocycles. The Balaban J connectivity index is 1.74. The van der Waals surface area contributed by atoms with Gasteiger partial charge in [0.2, 0.25) is 0 Å². The summed E-state index contributed by atoms with van der Waals surface area (Å²) in [6.45, 7) is 0.301. The third kappa shape index (κ3) is 6.01. The van der Waals surface area contributed by atoms with Crippen molar-refractivity contribution >= 4 is 34.5 Å². The summed E-state index contributed by atoms with van der Waals surface area (Å²) >= 11 is 0. The first kappa shape index (κ1) is 26.2.